The van der Waals surface area contributed by atoms with Gasteiger partial charge in [-0.25, -0.2) is 0 Å². The second kappa shape index (κ2) is 4.65. The Balaban J connectivity index is 1.78. The van der Waals surface area contributed by atoms with Crippen molar-refractivity contribution in [1.82, 2.24) is 15.2 Å². The van der Waals surface area contributed by atoms with E-state index in [0.29, 0.717) is 18.5 Å². The molecule has 0 radical (unpaired) electrons. The van der Waals surface area contributed by atoms with E-state index in [1.807, 2.05) is 6.07 Å². The minimum atomic E-state index is -0.422. The normalized spacial score (nSPS) is 13.5. The fraction of sp³-hybridized carbons (Fsp3) is 0.167. The lowest BCUT2D eigenvalue weighted by molar-refractivity contribution is -0.116. The van der Waals surface area contributed by atoms with Crippen LogP contribution in [-0.4, -0.2) is 27.0 Å². The van der Waals surface area contributed by atoms with Gasteiger partial charge in [-0.05, 0) is 30.2 Å². The molecule has 0 aliphatic carbocycles. The molecule has 2 aromatic rings. The molecule has 0 fully saturated rings. The van der Waals surface area contributed by atoms with Crippen molar-refractivity contribution in [1.29, 1.82) is 0 Å². The lowest BCUT2D eigenvalue weighted by Gasteiger charge is -2.17. The van der Waals surface area contributed by atoms with Crippen LogP contribution >= 0.6 is 0 Å². The maximum atomic E-state index is 11.9. The van der Waals surface area contributed by atoms with E-state index in [1.165, 1.54) is 0 Å². The van der Waals surface area contributed by atoms with E-state index in [4.69, 9.17) is 5.73 Å². The predicted molar refractivity (Wildman–Crippen MR) is 72.1 cm³/mol. The number of aromatic amines is 1. The van der Waals surface area contributed by atoms with Crippen molar-refractivity contribution in [3.8, 4) is 0 Å². The molecule has 5 N–H and O–H groups in total. The summed E-state index contributed by atoms with van der Waals surface area (Å²) in [5.41, 5.74) is 7.73. The standard InChI is InChI=1S/C12H12N6O2/c13-12-16-10(17-18-12)11(20)14-7-2-3-8-6(5-7)1-4-9(19)15-8/h2-3,5H,1,4H2,(H,14,20)(H,15,19)(H3,13,16,17,18). The number of H-pyrrole nitrogens is 1. The molecular weight excluding hydrogens is 260 g/mol. The molecule has 102 valence electrons. The van der Waals surface area contributed by atoms with Gasteiger partial charge in [0.05, 0.1) is 0 Å². The lowest BCUT2D eigenvalue weighted by atomic mass is 10.0. The number of hydrogen-bond donors (Lipinski definition) is 4. The van der Waals surface area contributed by atoms with Crippen LogP contribution in [0, 0.1) is 0 Å². The SMILES string of the molecule is Nc1n[nH]c(C(=O)Nc2ccc3c(c2)CCC(=O)N3)n1. The first-order valence-electron chi connectivity index (χ1n) is 6.04. The number of nitrogens with one attached hydrogen (secondary N) is 3. The van der Waals surface area contributed by atoms with Gasteiger partial charge in [-0.15, -0.1) is 5.10 Å². The Labute approximate surface area is 113 Å². The lowest BCUT2D eigenvalue weighted by Crippen LogP contribution is -2.19. The predicted octanol–water partition coefficient (Wildman–Crippen LogP) is 0.524. The van der Waals surface area contributed by atoms with Gasteiger partial charge in [-0.2, -0.15) is 4.98 Å². The first-order chi connectivity index (χ1) is 9.61. The molecule has 1 aromatic heterocycles. The molecule has 8 nitrogen and oxygen atoms in total. The van der Waals surface area contributed by atoms with Crippen LogP contribution in [0.15, 0.2) is 18.2 Å². The van der Waals surface area contributed by atoms with Gasteiger partial charge in [0.15, 0.2) is 0 Å². The van der Waals surface area contributed by atoms with E-state index in [2.05, 4.69) is 25.8 Å². The molecule has 0 unspecified atom stereocenters. The Morgan fingerprint density at radius 3 is 2.95 bits per heavy atom. The number of nitrogens with two attached hydrogens (primary N) is 1. The average molecular weight is 272 g/mol. The van der Waals surface area contributed by atoms with Gasteiger partial charge >= 0.3 is 0 Å². The quantitative estimate of drug-likeness (QED) is 0.634. The summed E-state index contributed by atoms with van der Waals surface area (Å²) in [4.78, 5) is 26.9. The van der Waals surface area contributed by atoms with E-state index in [-0.39, 0.29) is 17.7 Å². The van der Waals surface area contributed by atoms with Gasteiger partial charge in [0, 0.05) is 17.8 Å². The van der Waals surface area contributed by atoms with Gasteiger partial charge in [-0.1, -0.05) is 0 Å². The minimum absolute atomic E-state index is 0.00595. The van der Waals surface area contributed by atoms with Crippen LogP contribution in [0.1, 0.15) is 22.6 Å². The highest BCUT2D eigenvalue weighted by Gasteiger charge is 2.16. The molecule has 8 heteroatoms. The number of nitrogen functional groups attached to an aromatic ring is 1. The number of carbonyl (C=O) groups is 2. The molecule has 0 atom stereocenters. The number of aryl methyl sites for hydroxylation is 1. The van der Waals surface area contributed by atoms with Crippen LogP contribution in [0.5, 0.6) is 0 Å². The number of hydrogen-bond acceptors (Lipinski definition) is 5. The Morgan fingerprint density at radius 2 is 2.20 bits per heavy atom. The number of fused-ring (bicyclic) bond motifs is 1. The monoisotopic (exact) mass is 272 g/mol. The molecule has 0 saturated carbocycles. The van der Waals surface area contributed by atoms with E-state index >= 15 is 0 Å². The molecule has 1 aromatic carbocycles. The van der Waals surface area contributed by atoms with Crippen molar-refractivity contribution in [3.63, 3.8) is 0 Å². The summed E-state index contributed by atoms with van der Waals surface area (Å²) in [7, 11) is 0. The highest BCUT2D eigenvalue weighted by Crippen LogP contribution is 2.25. The van der Waals surface area contributed by atoms with E-state index in [1.54, 1.807) is 12.1 Å². The summed E-state index contributed by atoms with van der Waals surface area (Å²) in [6.45, 7) is 0. The number of nitrogens with zero attached hydrogens (tertiary/aromatic N) is 2. The van der Waals surface area contributed by atoms with Crippen molar-refractivity contribution in [2.75, 3.05) is 16.4 Å². The molecular formula is C12H12N6O2. The third-order valence-electron chi connectivity index (χ3n) is 2.98. The van der Waals surface area contributed by atoms with Crippen LogP contribution in [0.4, 0.5) is 17.3 Å². The Morgan fingerprint density at radius 1 is 1.35 bits per heavy atom. The Hall–Kier alpha value is -2.90. The number of aromatic nitrogens is 3. The molecule has 2 heterocycles. The third kappa shape index (κ3) is 2.30. The summed E-state index contributed by atoms with van der Waals surface area (Å²) in [6, 6.07) is 5.30. The van der Waals surface area contributed by atoms with Gasteiger partial charge in [0.25, 0.3) is 5.91 Å². The van der Waals surface area contributed by atoms with Crippen LogP contribution in [0.3, 0.4) is 0 Å². The number of rotatable bonds is 2. The van der Waals surface area contributed by atoms with Crippen LogP contribution in [0.25, 0.3) is 0 Å². The summed E-state index contributed by atoms with van der Waals surface area (Å²) in [5, 5.41) is 11.5. The maximum absolute atomic E-state index is 11.9. The van der Waals surface area contributed by atoms with Gasteiger partial charge in [0.1, 0.15) is 0 Å². The first kappa shape index (κ1) is 12.2. The van der Waals surface area contributed by atoms with E-state index in [9.17, 15) is 9.59 Å². The first-order valence-corrected chi connectivity index (χ1v) is 6.04. The van der Waals surface area contributed by atoms with Crippen molar-refractivity contribution >= 4 is 29.1 Å². The molecule has 20 heavy (non-hydrogen) atoms. The zero-order valence-electron chi connectivity index (χ0n) is 10.4. The molecule has 0 saturated heterocycles. The van der Waals surface area contributed by atoms with Crippen molar-refractivity contribution in [2.24, 2.45) is 0 Å². The highest BCUT2D eigenvalue weighted by molar-refractivity contribution is 6.02. The molecule has 0 bridgehead atoms. The molecule has 1 aliphatic rings. The van der Waals surface area contributed by atoms with Crippen molar-refractivity contribution < 1.29 is 9.59 Å². The zero-order chi connectivity index (χ0) is 14.1. The highest BCUT2D eigenvalue weighted by atomic mass is 16.2. The van der Waals surface area contributed by atoms with E-state index in [0.717, 1.165) is 11.3 Å². The van der Waals surface area contributed by atoms with E-state index < -0.39 is 5.91 Å². The number of anilines is 3. The van der Waals surface area contributed by atoms with Gasteiger partial charge < -0.3 is 16.4 Å². The van der Waals surface area contributed by atoms with Crippen LogP contribution in [0.2, 0.25) is 0 Å². The number of carbonyl (C=O) groups excluding carboxylic acids is 2. The third-order valence-corrected chi connectivity index (χ3v) is 2.98. The van der Waals surface area contributed by atoms with Crippen molar-refractivity contribution in [2.45, 2.75) is 12.8 Å². The van der Waals surface area contributed by atoms with Crippen LogP contribution in [-0.2, 0) is 11.2 Å². The van der Waals surface area contributed by atoms with Crippen LogP contribution < -0.4 is 16.4 Å². The number of amides is 2. The summed E-state index contributed by atoms with van der Waals surface area (Å²) in [5.74, 6) is -0.350. The fourth-order valence-electron chi connectivity index (χ4n) is 2.03. The second-order valence-electron chi connectivity index (χ2n) is 4.42. The molecule has 1 aliphatic heterocycles. The largest absolute Gasteiger partial charge is 0.366 e. The summed E-state index contributed by atoms with van der Waals surface area (Å²) >= 11 is 0. The minimum Gasteiger partial charge on any atom is -0.366 e. The topological polar surface area (TPSA) is 126 Å². The second-order valence-corrected chi connectivity index (χ2v) is 4.42. The molecule has 0 spiro atoms. The Bertz CT molecular complexity index is 693. The smallest absolute Gasteiger partial charge is 0.293 e. The maximum Gasteiger partial charge on any atom is 0.293 e. The fourth-order valence-corrected chi connectivity index (χ4v) is 2.03. The molecule has 3 rings (SSSR count). The summed E-state index contributed by atoms with van der Waals surface area (Å²) < 4.78 is 0. The zero-order valence-corrected chi connectivity index (χ0v) is 10.4. The average Bonchev–Trinajstić information content (AvgIpc) is 2.86. The Kier molecular flexibility index (Phi) is 2.82. The molecule has 2 amide bonds. The number of benzene rings is 1. The summed E-state index contributed by atoms with van der Waals surface area (Å²) in [6.07, 6.45) is 1.10. The van der Waals surface area contributed by atoms with Crippen molar-refractivity contribution in [3.05, 3.63) is 29.6 Å². The van der Waals surface area contributed by atoms with Gasteiger partial charge in [-0.3, -0.25) is 14.7 Å². The van der Waals surface area contributed by atoms with Gasteiger partial charge in [0.2, 0.25) is 17.7 Å².